The smallest absolute Gasteiger partial charge is 0.363 e. The molecule has 0 spiro atoms. The van der Waals surface area contributed by atoms with Crippen LogP contribution in [0.5, 0.6) is 0 Å². The fourth-order valence-electron chi connectivity index (χ4n) is 2.22. The van der Waals surface area contributed by atoms with Crippen molar-refractivity contribution in [3.63, 3.8) is 0 Å². The molecule has 128 valence electrons. The van der Waals surface area contributed by atoms with Crippen LogP contribution < -0.4 is 5.43 Å². The number of aromatic nitrogens is 3. The standard InChI is InChI=1S/C17H14ClN3O4/c1-10-7-14(25-20-10)9-24-17(23)16-15(22)8-11(2)21(19-16)13-5-3-12(18)4-6-13/h3-8H,9H2,1-2H3. The topological polar surface area (TPSA) is 87.2 Å². The van der Waals surface area contributed by atoms with Crippen LogP contribution in [0, 0.1) is 13.8 Å². The third-order valence-corrected chi connectivity index (χ3v) is 3.65. The lowest BCUT2D eigenvalue weighted by Gasteiger charge is -2.11. The number of carbonyl (C=O) groups is 1. The van der Waals surface area contributed by atoms with Crippen LogP contribution in [0.25, 0.3) is 5.69 Å². The van der Waals surface area contributed by atoms with Crippen molar-refractivity contribution in [1.29, 1.82) is 0 Å². The molecule has 3 aromatic rings. The van der Waals surface area contributed by atoms with Crippen molar-refractivity contribution in [2.75, 3.05) is 0 Å². The average Bonchev–Trinajstić information content (AvgIpc) is 2.99. The summed E-state index contributed by atoms with van der Waals surface area (Å²) in [7, 11) is 0. The van der Waals surface area contributed by atoms with Crippen LogP contribution in [0.1, 0.15) is 27.6 Å². The number of aryl methyl sites for hydroxylation is 2. The van der Waals surface area contributed by atoms with Crippen molar-refractivity contribution >= 4 is 17.6 Å². The molecule has 2 aromatic heterocycles. The van der Waals surface area contributed by atoms with Crippen molar-refractivity contribution in [1.82, 2.24) is 14.9 Å². The summed E-state index contributed by atoms with van der Waals surface area (Å²) in [4.78, 5) is 24.3. The van der Waals surface area contributed by atoms with E-state index in [2.05, 4.69) is 10.3 Å². The zero-order valence-electron chi connectivity index (χ0n) is 13.5. The van der Waals surface area contributed by atoms with Crippen molar-refractivity contribution in [2.24, 2.45) is 0 Å². The van der Waals surface area contributed by atoms with E-state index < -0.39 is 11.4 Å². The van der Waals surface area contributed by atoms with Gasteiger partial charge in [-0.2, -0.15) is 5.10 Å². The van der Waals surface area contributed by atoms with E-state index in [-0.39, 0.29) is 12.3 Å². The molecule has 7 nitrogen and oxygen atoms in total. The molecule has 0 N–H and O–H groups in total. The van der Waals surface area contributed by atoms with Gasteiger partial charge in [0, 0.05) is 22.8 Å². The number of carbonyl (C=O) groups excluding carboxylic acids is 1. The number of benzene rings is 1. The van der Waals surface area contributed by atoms with E-state index in [1.807, 2.05) is 0 Å². The number of halogens is 1. The second kappa shape index (κ2) is 6.90. The Morgan fingerprint density at radius 3 is 2.60 bits per heavy atom. The van der Waals surface area contributed by atoms with Gasteiger partial charge >= 0.3 is 5.97 Å². The maximum absolute atomic E-state index is 12.2. The largest absolute Gasteiger partial charge is 0.453 e. The highest BCUT2D eigenvalue weighted by molar-refractivity contribution is 6.30. The highest BCUT2D eigenvalue weighted by Gasteiger charge is 2.17. The first-order chi connectivity index (χ1) is 11.9. The fraction of sp³-hybridized carbons (Fsp3) is 0.176. The minimum atomic E-state index is -0.832. The Balaban J connectivity index is 1.87. The average molecular weight is 360 g/mol. The lowest BCUT2D eigenvalue weighted by atomic mass is 10.3. The molecule has 2 heterocycles. The van der Waals surface area contributed by atoms with Gasteiger partial charge in [0.25, 0.3) is 0 Å². The number of esters is 1. The van der Waals surface area contributed by atoms with Crippen LogP contribution in [-0.4, -0.2) is 20.9 Å². The predicted octanol–water partition coefficient (Wildman–Crippen LogP) is 2.85. The Morgan fingerprint density at radius 2 is 1.96 bits per heavy atom. The summed E-state index contributed by atoms with van der Waals surface area (Å²) < 4.78 is 11.5. The van der Waals surface area contributed by atoms with E-state index in [1.54, 1.807) is 44.2 Å². The van der Waals surface area contributed by atoms with Crippen molar-refractivity contribution < 1.29 is 14.1 Å². The molecular weight excluding hydrogens is 346 g/mol. The highest BCUT2D eigenvalue weighted by atomic mass is 35.5. The molecule has 25 heavy (non-hydrogen) atoms. The third-order valence-electron chi connectivity index (χ3n) is 3.39. The lowest BCUT2D eigenvalue weighted by molar-refractivity contribution is 0.0426. The summed E-state index contributed by atoms with van der Waals surface area (Å²) in [6.45, 7) is 3.34. The Morgan fingerprint density at radius 1 is 1.24 bits per heavy atom. The molecule has 8 heteroatoms. The molecule has 0 fully saturated rings. The Bertz CT molecular complexity index is 976. The van der Waals surface area contributed by atoms with Gasteiger partial charge in [-0.05, 0) is 38.1 Å². The molecule has 0 aliphatic carbocycles. The van der Waals surface area contributed by atoms with Crippen molar-refractivity contribution in [3.8, 4) is 5.69 Å². The Labute approximate surface area is 147 Å². The Hall–Kier alpha value is -2.93. The third kappa shape index (κ3) is 3.77. The maximum Gasteiger partial charge on any atom is 0.363 e. The maximum atomic E-state index is 12.2. The van der Waals surface area contributed by atoms with Gasteiger partial charge in [-0.25, -0.2) is 9.48 Å². The number of nitrogens with zero attached hydrogens (tertiary/aromatic N) is 3. The van der Waals surface area contributed by atoms with Crippen LogP contribution in [0.4, 0.5) is 0 Å². The predicted molar refractivity (Wildman–Crippen MR) is 89.9 cm³/mol. The van der Waals surface area contributed by atoms with Gasteiger partial charge in [-0.1, -0.05) is 16.8 Å². The molecule has 0 radical (unpaired) electrons. The monoisotopic (exact) mass is 359 g/mol. The molecule has 0 unspecified atom stereocenters. The molecule has 0 saturated carbocycles. The second-order valence-corrected chi connectivity index (χ2v) is 5.83. The summed E-state index contributed by atoms with van der Waals surface area (Å²) in [5.74, 6) is -0.447. The van der Waals surface area contributed by atoms with E-state index in [0.717, 1.165) is 0 Å². The summed E-state index contributed by atoms with van der Waals surface area (Å²) in [6, 6.07) is 9.83. The first-order valence-electron chi connectivity index (χ1n) is 7.40. The van der Waals surface area contributed by atoms with E-state index in [4.69, 9.17) is 20.9 Å². The number of ether oxygens (including phenoxy) is 1. The lowest BCUT2D eigenvalue weighted by Crippen LogP contribution is -2.24. The van der Waals surface area contributed by atoms with Gasteiger partial charge < -0.3 is 9.26 Å². The molecule has 0 bridgehead atoms. The van der Waals surface area contributed by atoms with Gasteiger partial charge in [0.15, 0.2) is 12.4 Å². The van der Waals surface area contributed by atoms with Crippen LogP contribution in [0.3, 0.4) is 0 Å². The van der Waals surface area contributed by atoms with Gasteiger partial charge in [0.05, 0.1) is 11.4 Å². The fourth-order valence-corrected chi connectivity index (χ4v) is 2.35. The van der Waals surface area contributed by atoms with E-state index >= 15 is 0 Å². The summed E-state index contributed by atoms with van der Waals surface area (Å²) in [6.07, 6.45) is 0. The van der Waals surface area contributed by atoms with E-state index in [1.165, 1.54) is 10.7 Å². The zero-order valence-corrected chi connectivity index (χ0v) is 14.3. The van der Waals surface area contributed by atoms with Gasteiger partial charge in [-0.15, -0.1) is 0 Å². The summed E-state index contributed by atoms with van der Waals surface area (Å²) in [5, 5.41) is 8.40. The van der Waals surface area contributed by atoms with Crippen molar-refractivity contribution in [2.45, 2.75) is 20.5 Å². The van der Waals surface area contributed by atoms with Crippen molar-refractivity contribution in [3.05, 3.63) is 74.5 Å². The molecule has 0 saturated heterocycles. The first kappa shape index (κ1) is 16.9. The highest BCUT2D eigenvalue weighted by Crippen LogP contribution is 2.14. The van der Waals surface area contributed by atoms with Gasteiger partial charge in [0.1, 0.15) is 0 Å². The van der Waals surface area contributed by atoms with Crippen LogP contribution in [0.15, 0.2) is 45.7 Å². The minimum absolute atomic E-state index is 0.129. The molecule has 0 aliphatic rings. The van der Waals surface area contributed by atoms with Gasteiger partial charge in [0.2, 0.25) is 11.1 Å². The normalized spacial score (nSPS) is 10.7. The van der Waals surface area contributed by atoms with Crippen LogP contribution in [0.2, 0.25) is 5.02 Å². The number of rotatable bonds is 4. The molecule has 0 atom stereocenters. The second-order valence-electron chi connectivity index (χ2n) is 5.40. The number of hydrogen-bond acceptors (Lipinski definition) is 6. The number of hydrogen-bond donors (Lipinski definition) is 0. The SMILES string of the molecule is Cc1cc(COC(=O)c2nn(-c3ccc(Cl)cc3)c(C)cc2=O)on1. The van der Waals surface area contributed by atoms with Crippen LogP contribution >= 0.6 is 11.6 Å². The molecule has 1 aromatic carbocycles. The minimum Gasteiger partial charge on any atom is -0.453 e. The summed E-state index contributed by atoms with van der Waals surface area (Å²) >= 11 is 5.88. The van der Waals surface area contributed by atoms with Crippen LogP contribution in [-0.2, 0) is 11.3 Å². The Kier molecular flexibility index (Phi) is 4.67. The van der Waals surface area contributed by atoms with E-state index in [9.17, 15) is 9.59 Å². The van der Waals surface area contributed by atoms with Gasteiger partial charge in [-0.3, -0.25) is 4.79 Å². The molecule has 3 rings (SSSR count). The molecular formula is C17H14ClN3O4. The molecule has 0 amide bonds. The van der Waals surface area contributed by atoms with E-state index in [0.29, 0.717) is 27.9 Å². The zero-order chi connectivity index (χ0) is 18.0. The first-order valence-corrected chi connectivity index (χ1v) is 7.78. The molecule has 0 aliphatic heterocycles. The summed E-state index contributed by atoms with van der Waals surface area (Å²) in [5.41, 5.74) is 1.10. The quantitative estimate of drug-likeness (QED) is 0.666.